The van der Waals surface area contributed by atoms with Crippen LogP contribution < -0.4 is 16.0 Å². The number of esters is 1. The minimum Gasteiger partial charge on any atom is -0.493 e. The summed E-state index contributed by atoms with van der Waals surface area (Å²) in [6.45, 7) is 2.67. The van der Waals surface area contributed by atoms with E-state index >= 15 is 0 Å². The highest BCUT2D eigenvalue weighted by Crippen LogP contribution is 2.22. The van der Waals surface area contributed by atoms with Gasteiger partial charge in [-0.1, -0.05) is 43.7 Å². The van der Waals surface area contributed by atoms with Crippen molar-refractivity contribution < 1.29 is 19.1 Å². The van der Waals surface area contributed by atoms with Gasteiger partial charge < -0.3 is 9.47 Å². The SMILES string of the molecule is CCCCOc1ccc(C(=O)NN)cc1C(=O)OCc1ccccc1. The average molecular weight is 342 g/mol. The Kier molecular flexibility index (Phi) is 6.98. The molecule has 6 nitrogen and oxygen atoms in total. The standard InChI is InChI=1S/C19H22N2O4/c1-2-3-11-24-17-10-9-15(18(22)21-20)12-16(17)19(23)25-13-14-7-5-4-6-8-14/h4-10,12H,2-3,11,13,20H2,1H3,(H,21,22). The van der Waals surface area contributed by atoms with Crippen LogP contribution in [0.15, 0.2) is 48.5 Å². The van der Waals surface area contributed by atoms with Crippen molar-refractivity contribution in [2.45, 2.75) is 26.4 Å². The first-order valence-electron chi connectivity index (χ1n) is 8.14. The Morgan fingerprint density at radius 1 is 1.12 bits per heavy atom. The molecule has 3 N–H and O–H groups in total. The van der Waals surface area contributed by atoms with Crippen LogP contribution in [0.1, 0.15) is 46.0 Å². The molecule has 25 heavy (non-hydrogen) atoms. The van der Waals surface area contributed by atoms with E-state index in [1.165, 1.54) is 6.07 Å². The molecule has 0 fully saturated rings. The van der Waals surface area contributed by atoms with Crippen LogP contribution in [0.2, 0.25) is 0 Å². The molecule has 0 saturated carbocycles. The third kappa shape index (κ3) is 5.32. The van der Waals surface area contributed by atoms with Crippen molar-refractivity contribution in [2.75, 3.05) is 6.61 Å². The maximum Gasteiger partial charge on any atom is 0.342 e. The Bertz CT molecular complexity index is 717. The zero-order chi connectivity index (χ0) is 18.1. The van der Waals surface area contributed by atoms with Gasteiger partial charge in [0.05, 0.1) is 6.61 Å². The lowest BCUT2D eigenvalue weighted by Gasteiger charge is -2.12. The Hall–Kier alpha value is -2.86. The Morgan fingerprint density at radius 2 is 1.88 bits per heavy atom. The number of amides is 1. The molecule has 0 atom stereocenters. The van der Waals surface area contributed by atoms with Crippen LogP contribution in [0.3, 0.4) is 0 Å². The van der Waals surface area contributed by atoms with Gasteiger partial charge in [0.1, 0.15) is 17.9 Å². The van der Waals surface area contributed by atoms with Gasteiger partial charge in [0.25, 0.3) is 5.91 Å². The number of hydrogen-bond acceptors (Lipinski definition) is 5. The van der Waals surface area contributed by atoms with Crippen molar-refractivity contribution in [1.82, 2.24) is 5.43 Å². The number of nitrogens with two attached hydrogens (primary N) is 1. The van der Waals surface area contributed by atoms with E-state index in [0.29, 0.717) is 12.4 Å². The number of rotatable bonds is 8. The van der Waals surface area contributed by atoms with Crippen LogP contribution in [-0.2, 0) is 11.3 Å². The number of nitrogen functional groups attached to an aromatic ring is 1. The minimum absolute atomic E-state index is 0.140. The average Bonchev–Trinajstić information content (AvgIpc) is 2.66. The van der Waals surface area contributed by atoms with Gasteiger partial charge in [0, 0.05) is 5.56 Å². The van der Waals surface area contributed by atoms with Gasteiger partial charge in [-0.3, -0.25) is 10.2 Å². The molecule has 0 bridgehead atoms. The lowest BCUT2D eigenvalue weighted by Crippen LogP contribution is -2.30. The fourth-order valence-corrected chi connectivity index (χ4v) is 2.17. The van der Waals surface area contributed by atoms with Gasteiger partial charge >= 0.3 is 5.97 Å². The van der Waals surface area contributed by atoms with Crippen molar-refractivity contribution in [2.24, 2.45) is 5.84 Å². The van der Waals surface area contributed by atoms with Crippen LogP contribution in [0.25, 0.3) is 0 Å². The van der Waals surface area contributed by atoms with E-state index in [1.54, 1.807) is 12.1 Å². The summed E-state index contributed by atoms with van der Waals surface area (Å²) in [5.41, 5.74) is 3.38. The number of nitrogens with one attached hydrogen (secondary N) is 1. The second-order valence-electron chi connectivity index (χ2n) is 5.45. The minimum atomic E-state index is -0.554. The lowest BCUT2D eigenvalue weighted by atomic mass is 10.1. The summed E-state index contributed by atoms with van der Waals surface area (Å²) < 4.78 is 11.0. The predicted molar refractivity (Wildman–Crippen MR) is 94.1 cm³/mol. The predicted octanol–water partition coefficient (Wildman–Crippen LogP) is 2.83. The molecule has 0 aliphatic carbocycles. The molecule has 2 aromatic carbocycles. The molecule has 0 aliphatic rings. The molecule has 0 aromatic heterocycles. The highest BCUT2D eigenvalue weighted by atomic mass is 16.5. The molecule has 2 aromatic rings. The molecular formula is C19H22N2O4. The zero-order valence-corrected chi connectivity index (χ0v) is 14.2. The zero-order valence-electron chi connectivity index (χ0n) is 14.2. The second-order valence-corrected chi connectivity index (χ2v) is 5.45. The van der Waals surface area contributed by atoms with Gasteiger partial charge in [-0.25, -0.2) is 10.6 Å². The van der Waals surface area contributed by atoms with E-state index in [0.717, 1.165) is 18.4 Å². The Morgan fingerprint density at radius 3 is 2.56 bits per heavy atom. The quantitative estimate of drug-likeness (QED) is 0.253. The third-order valence-corrected chi connectivity index (χ3v) is 3.56. The summed E-state index contributed by atoms with van der Waals surface area (Å²) in [6, 6.07) is 13.9. The third-order valence-electron chi connectivity index (χ3n) is 3.56. The van der Waals surface area contributed by atoms with Crippen molar-refractivity contribution in [3.05, 3.63) is 65.2 Å². The Labute approximate surface area is 146 Å². The first-order chi connectivity index (χ1) is 12.2. The maximum atomic E-state index is 12.5. The maximum absolute atomic E-state index is 12.5. The van der Waals surface area contributed by atoms with Gasteiger partial charge in [0.15, 0.2) is 0 Å². The molecule has 6 heteroatoms. The molecule has 132 valence electrons. The van der Waals surface area contributed by atoms with Crippen LogP contribution in [0.5, 0.6) is 5.75 Å². The number of carbonyl (C=O) groups excluding carboxylic acids is 2. The second kappa shape index (κ2) is 9.44. The van der Waals surface area contributed by atoms with Crippen LogP contribution in [0.4, 0.5) is 0 Å². The molecular weight excluding hydrogens is 320 g/mol. The van der Waals surface area contributed by atoms with Crippen molar-refractivity contribution >= 4 is 11.9 Å². The number of unbranched alkanes of at least 4 members (excludes halogenated alkanes) is 1. The highest BCUT2D eigenvalue weighted by molar-refractivity contribution is 5.99. The summed E-state index contributed by atoms with van der Waals surface area (Å²) in [6.07, 6.45) is 1.84. The smallest absolute Gasteiger partial charge is 0.342 e. The number of carbonyl (C=O) groups is 2. The van der Waals surface area contributed by atoms with E-state index in [4.69, 9.17) is 15.3 Å². The van der Waals surface area contributed by atoms with Gasteiger partial charge in [0.2, 0.25) is 0 Å². The molecule has 0 radical (unpaired) electrons. The number of ether oxygens (including phenoxy) is 2. The topological polar surface area (TPSA) is 90.6 Å². The monoisotopic (exact) mass is 342 g/mol. The molecule has 0 heterocycles. The summed E-state index contributed by atoms with van der Waals surface area (Å²) in [4.78, 5) is 24.2. The van der Waals surface area contributed by atoms with Crippen LogP contribution in [0, 0.1) is 0 Å². The molecule has 1 amide bonds. The summed E-state index contributed by atoms with van der Waals surface area (Å²) in [5, 5.41) is 0. The number of benzene rings is 2. The first-order valence-corrected chi connectivity index (χ1v) is 8.14. The molecule has 0 unspecified atom stereocenters. The van der Waals surface area contributed by atoms with Crippen molar-refractivity contribution in [3.8, 4) is 5.75 Å². The largest absolute Gasteiger partial charge is 0.493 e. The van der Waals surface area contributed by atoms with Gasteiger partial charge in [-0.05, 0) is 30.2 Å². The van der Waals surface area contributed by atoms with Gasteiger partial charge in [-0.15, -0.1) is 0 Å². The fourth-order valence-electron chi connectivity index (χ4n) is 2.17. The van der Waals surface area contributed by atoms with E-state index in [9.17, 15) is 9.59 Å². The fraction of sp³-hybridized carbons (Fsp3) is 0.263. The van der Waals surface area contributed by atoms with Crippen LogP contribution in [-0.4, -0.2) is 18.5 Å². The van der Waals surface area contributed by atoms with E-state index in [-0.39, 0.29) is 17.7 Å². The van der Waals surface area contributed by atoms with E-state index in [2.05, 4.69) is 0 Å². The number of hydrazine groups is 1. The Balaban J connectivity index is 2.17. The van der Waals surface area contributed by atoms with Crippen LogP contribution >= 0.6 is 0 Å². The molecule has 0 aliphatic heterocycles. The molecule has 0 saturated heterocycles. The van der Waals surface area contributed by atoms with Crippen molar-refractivity contribution in [1.29, 1.82) is 0 Å². The molecule has 0 spiro atoms. The summed E-state index contributed by atoms with van der Waals surface area (Å²) >= 11 is 0. The lowest BCUT2D eigenvalue weighted by molar-refractivity contribution is 0.0468. The summed E-state index contributed by atoms with van der Waals surface area (Å²) in [7, 11) is 0. The first kappa shape index (κ1) is 18.5. The normalized spacial score (nSPS) is 10.2. The summed E-state index contributed by atoms with van der Waals surface area (Å²) in [5.74, 6) is 4.50. The molecule has 2 rings (SSSR count). The number of hydrogen-bond donors (Lipinski definition) is 2. The van der Waals surface area contributed by atoms with E-state index < -0.39 is 11.9 Å². The van der Waals surface area contributed by atoms with Crippen molar-refractivity contribution in [3.63, 3.8) is 0 Å². The van der Waals surface area contributed by atoms with Gasteiger partial charge in [-0.2, -0.15) is 0 Å². The van der Waals surface area contributed by atoms with E-state index in [1.807, 2.05) is 42.7 Å². The highest BCUT2D eigenvalue weighted by Gasteiger charge is 2.17.